The SMILES string of the molecule is Cc1cccc2c1C(=O)NC2=O.Cl.Cl. The molecule has 0 fully saturated rings. The number of benzene rings is 1. The zero-order valence-electron chi connectivity index (χ0n) is 7.37. The van der Waals surface area contributed by atoms with Crippen LogP contribution in [0.5, 0.6) is 0 Å². The van der Waals surface area contributed by atoms with Gasteiger partial charge in [0.2, 0.25) is 0 Å². The molecular weight excluding hydrogens is 225 g/mol. The molecule has 0 aromatic heterocycles. The molecule has 1 aromatic carbocycles. The zero-order valence-corrected chi connectivity index (χ0v) is 9.00. The van der Waals surface area contributed by atoms with Gasteiger partial charge >= 0.3 is 0 Å². The van der Waals surface area contributed by atoms with Crippen LogP contribution in [0.15, 0.2) is 18.2 Å². The minimum Gasteiger partial charge on any atom is -0.288 e. The third-order valence-corrected chi connectivity index (χ3v) is 1.97. The van der Waals surface area contributed by atoms with E-state index in [-0.39, 0.29) is 36.6 Å². The van der Waals surface area contributed by atoms with Gasteiger partial charge in [-0.25, -0.2) is 0 Å². The van der Waals surface area contributed by atoms with Gasteiger partial charge in [-0.05, 0) is 18.6 Å². The molecule has 0 saturated heterocycles. The van der Waals surface area contributed by atoms with Crippen molar-refractivity contribution in [2.24, 2.45) is 0 Å². The Balaban J connectivity index is 0.000000845. The summed E-state index contributed by atoms with van der Waals surface area (Å²) in [5.41, 5.74) is 1.85. The highest BCUT2D eigenvalue weighted by Gasteiger charge is 2.27. The van der Waals surface area contributed by atoms with E-state index < -0.39 is 0 Å². The van der Waals surface area contributed by atoms with E-state index in [1.807, 2.05) is 13.0 Å². The lowest BCUT2D eigenvalue weighted by molar-refractivity contribution is 0.0879. The van der Waals surface area contributed by atoms with Crippen LogP contribution in [0, 0.1) is 6.92 Å². The van der Waals surface area contributed by atoms with Gasteiger partial charge in [-0.1, -0.05) is 12.1 Å². The largest absolute Gasteiger partial charge is 0.288 e. The monoisotopic (exact) mass is 233 g/mol. The summed E-state index contributed by atoms with van der Waals surface area (Å²) in [6.45, 7) is 1.82. The van der Waals surface area contributed by atoms with Gasteiger partial charge in [0.05, 0.1) is 11.1 Å². The molecule has 2 rings (SSSR count). The summed E-state index contributed by atoms with van der Waals surface area (Å²) >= 11 is 0. The normalized spacial score (nSPS) is 12.4. The first-order valence-electron chi connectivity index (χ1n) is 3.65. The Morgan fingerprint density at radius 3 is 2.29 bits per heavy atom. The molecule has 2 amide bonds. The summed E-state index contributed by atoms with van der Waals surface area (Å²) < 4.78 is 0. The van der Waals surface area contributed by atoms with E-state index in [1.54, 1.807) is 12.1 Å². The summed E-state index contributed by atoms with van der Waals surface area (Å²) in [6, 6.07) is 5.24. The number of imide groups is 1. The Bertz CT molecular complexity index is 390. The number of halogens is 2. The number of hydrogen-bond acceptors (Lipinski definition) is 2. The fraction of sp³-hybridized carbons (Fsp3) is 0.111. The minimum absolute atomic E-state index is 0. The van der Waals surface area contributed by atoms with E-state index in [4.69, 9.17) is 0 Å². The molecule has 1 aliphatic heterocycles. The van der Waals surface area contributed by atoms with Gasteiger partial charge in [-0.2, -0.15) is 0 Å². The molecule has 76 valence electrons. The Morgan fingerprint density at radius 1 is 1.07 bits per heavy atom. The van der Waals surface area contributed by atoms with Gasteiger partial charge < -0.3 is 0 Å². The van der Waals surface area contributed by atoms with Crippen molar-refractivity contribution in [2.45, 2.75) is 6.92 Å². The fourth-order valence-corrected chi connectivity index (χ4v) is 1.39. The van der Waals surface area contributed by atoms with Gasteiger partial charge in [0.1, 0.15) is 0 Å². The number of rotatable bonds is 0. The predicted octanol–water partition coefficient (Wildman–Crippen LogP) is 1.72. The van der Waals surface area contributed by atoms with E-state index in [9.17, 15) is 9.59 Å². The van der Waals surface area contributed by atoms with E-state index in [0.29, 0.717) is 11.1 Å². The molecule has 3 nitrogen and oxygen atoms in total. The third-order valence-electron chi connectivity index (χ3n) is 1.97. The lowest BCUT2D eigenvalue weighted by Crippen LogP contribution is -2.20. The highest BCUT2D eigenvalue weighted by Crippen LogP contribution is 2.18. The number of hydrogen-bond donors (Lipinski definition) is 1. The van der Waals surface area contributed by atoms with Gasteiger partial charge in [-0.3, -0.25) is 14.9 Å². The van der Waals surface area contributed by atoms with Crippen molar-refractivity contribution in [1.29, 1.82) is 0 Å². The van der Waals surface area contributed by atoms with Crippen LogP contribution >= 0.6 is 24.8 Å². The molecule has 1 N–H and O–H groups in total. The first-order valence-corrected chi connectivity index (χ1v) is 3.65. The average molecular weight is 234 g/mol. The molecule has 14 heavy (non-hydrogen) atoms. The van der Waals surface area contributed by atoms with Crippen LogP contribution in [0.25, 0.3) is 0 Å². The van der Waals surface area contributed by atoms with Gasteiger partial charge in [0.15, 0.2) is 0 Å². The Morgan fingerprint density at radius 2 is 1.71 bits per heavy atom. The quantitative estimate of drug-likeness (QED) is 0.694. The van der Waals surface area contributed by atoms with Crippen LogP contribution in [0.2, 0.25) is 0 Å². The second-order valence-corrected chi connectivity index (χ2v) is 2.78. The van der Waals surface area contributed by atoms with E-state index in [2.05, 4.69) is 5.32 Å². The van der Waals surface area contributed by atoms with Crippen LogP contribution in [0.3, 0.4) is 0 Å². The minimum atomic E-state index is -0.293. The molecular formula is C9H9Cl2NO2. The summed E-state index contributed by atoms with van der Waals surface area (Å²) in [5, 5.41) is 2.25. The van der Waals surface area contributed by atoms with Crippen LogP contribution in [0.1, 0.15) is 26.3 Å². The molecule has 1 aliphatic rings. The van der Waals surface area contributed by atoms with Crippen molar-refractivity contribution >= 4 is 36.6 Å². The standard InChI is InChI=1S/C9H7NO2.2ClH/c1-5-3-2-4-6-7(5)9(12)10-8(6)11;;/h2-4H,1H3,(H,10,11,12);2*1H. The summed E-state index contributed by atoms with van der Waals surface area (Å²) in [7, 11) is 0. The van der Waals surface area contributed by atoms with Crippen molar-refractivity contribution in [1.82, 2.24) is 5.32 Å². The van der Waals surface area contributed by atoms with Crippen LogP contribution in [0.4, 0.5) is 0 Å². The molecule has 0 spiro atoms. The van der Waals surface area contributed by atoms with E-state index >= 15 is 0 Å². The van der Waals surface area contributed by atoms with Crippen molar-refractivity contribution in [3.63, 3.8) is 0 Å². The van der Waals surface area contributed by atoms with Crippen molar-refractivity contribution < 1.29 is 9.59 Å². The van der Waals surface area contributed by atoms with Crippen molar-refractivity contribution in [3.05, 3.63) is 34.9 Å². The van der Waals surface area contributed by atoms with E-state index in [1.165, 1.54) is 0 Å². The lowest BCUT2D eigenvalue weighted by Gasteiger charge is -1.96. The van der Waals surface area contributed by atoms with Crippen molar-refractivity contribution in [3.8, 4) is 0 Å². The molecule has 0 radical (unpaired) electrons. The zero-order chi connectivity index (χ0) is 8.72. The molecule has 0 bridgehead atoms. The Kier molecular flexibility index (Phi) is 4.10. The molecule has 5 heteroatoms. The lowest BCUT2D eigenvalue weighted by atomic mass is 10.0. The summed E-state index contributed by atoms with van der Waals surface area (Å²) in [6.07, 6.45) is 0. The topological polar surface area (TPSA) is 46.2 Å². The number of amides is 2. The Hall–Kier alpha value is -1.06. The average Bonchev–Trinajstić information content (AvgIpc) is 2.29. The van der Waals surface area contributed by atoms with Gasteiger partial charge in [-0.15, -0.1) is 24.8 Å². The van der Waals surface area contributed by atoms with Gasteiger partial charge in [0.25, 0.3) is 11.8 Å². The highest BCUT2D eigenvalue weighted by atomic mass is 35.5. The van der Waals surface area contributed by atoms with Gasteiger partial charge in [0, 0.05) is 0 Å². The first-order chi connectivity index (χ1) is 5.70. The van der Waals surface area contributed by atoms with Crippen molar-refractivity contribution in [2.75, 3.05) is 0 Å². The number of carbonyl (C=O) groups excluding carboxylic acids is 2. The van der Waals surface area contributed by atoms with Crippen LogP contribution < -0.4 is 5.32 Å². The highest BCUT2D eigenvalue weighted by molar-refractivity contribution is 6.22. The molecule has 0 unspecified atom stereocenters. The number of aryl methyl sites for hydroxylation is 1. The summed E-state index contributed by atoms with van der Waals surface area (Å²) in [4.78, 5) is 22.3. The summed E-state index contributed by atoms with van der Waals surface area (Å²) in [5.74, 6) is -0.577. The first kappa shape index (κ1) is 12.9. The molecule has 0 atom stereocenters. The third kappa shape index (κ3) is 1.74. The molecule has 0 aliphatic carbocycles. The number of fused-ring (bicyclic) bond motifs is 1. The number of carbonyl (C=O) groups is 2. The number of nitrogens with one attached hydrogen (secondary N) is 1. The van der Waals surface area contributed by atoms with E-state index in [0.717, 1.165) is 5.56 Å². The molecule has 1 heterocycles. The molecule has 1 aromatic rings. The maximum absolute atomic E-state index is 11.2. The van der Waals surface area contributed by atoms with Crippen LogP contribution in [-0.2, 0) is 0 Å². The Labute approximate surface area is 93.7 Å². The second-order valence-electron chi connectivity index (χ2n) is 2.78. The second kappa shape index (κ2) is 4.44. The maximum Gasteiger partial charge on any atom is 0.259 e. The smallest absolute Gasteiger partial charge is 0.259 e. The fourth-order valence-electron chi connectivity index (χ4n) is 1.39. The predicted molar refractivity (Wildman–Crippen MR) is 57.5 cm³/mol. The molecule has 0 saturated carbocycles. The maximum atomic E-state index is 11.2. The van der Waals surface area contributed by atoms with Crippen LogP contribution in [-0.4, -0.2) is 11.8 Å².